The van der Waals surface area contributed by atoms with Crippen molar-refractivity contribution in [3.05, 3.63) is 34.9 Å². The summed E-state index contributed by atoms with van der Waals surface area (Å²) in [5.41, 5.74) is 13.9. The summed E-state index contributed by atoms with van der Waals surface area (Å²) in [6.07, 6.45) is 8.95. The largest absolute Gasteiger partial charge is 0.366 e. The Labute approximate surface area is 184 Å². The van der Waals surface area contributed by atoms with Crippen molar-refractivity contribution in [3.8, 4) is 0 Å². The van der Waals surface area contributed by atoms with Crippen molar-refractivity contribution in [2.24, 2.45) is 18.2 Å². The molecule has 3 aromatic heterocycles. The molecule has 2 unspecified atom stereocenters. The average molecular weight is 422 g/mol. The predicted molar refractivity (Wildman–Crippen MR) is 124 cm³/mol. The smallest absolute Gasteiger partial charge is 0.159 e. The molecule has 0 bridgehead atoms. The van der Waals surface area contributed by atoms with Gasteiger partial charge in [-0.3, -0.25) is 9.36 Å². The quantitative estimate of drug-likeness (QED) is 0.680. The monoisotopic (exact) mass is 421 g/mol. The zero-order valence-corrected chi connectivity index (χ0v) is 19.4. The van der Waals surface area contributed by atoms with E-state index in [1.807, 2.05) is 17.9 Å². The first-order chi connectivity index (χ1) is 14.9. The summed E-state index contributed by atoms with van der Waals surface area (Å²) in [4.78, 5) is 7.17. The highest BCUT2D eigenvalue weighted by Crippen LogP contribution is 2.43. The number of hydrogen-bond donors (Lipinski definition) is 1. The van der Waals surface area contributed by atoms with Gasteiger partial charge in [0.25, 0.3) is 0 Å². The Morgan fingerprint density at radius 3 is 2.87 bits per heavy atom. The fourth-order valence-corrected chi connectivity index (χ4v) is 6.03. The van der Waals surface area contributed by atoms with E-state index in [1.54, 1.807) is 0 Å². The predicted octanol–water partition coefficient (Wildman–Crippen LogP) is 3.64. The molecule has 1 fully saturated rings. The Bertz CT molecular complexity index is 1110. The van der Waals surface area contributed by atoms with Crippen LogP contribution >= 0.6 is 0 Å². The molecule has 2 N–H and O–H groups in total. The molecule has 7 heteroatoms. The van der Waals surface area contributed by atoms with E-state index >= 15 is 0 Å². The average Bonchev–Trinajstić information content (AvgIpc) is 3.38. The number of aromatic nitrogens is 5. The minimum atomic E-state index is 0.321. The van der Waals surface area contributed by atoms with Crippen LogP contribution in [0.2, 0.25) is 0 Å². The standard InChI is InChI=1S/C24H35N7/c1-5-8-24(9-6-18(25)12-24)15-31-21-7-10-30(14-20(21)17(3)28-31)22-11-16(2)27-23-19(22)13-26-29(23)4/h11,13,18H,5-10,12,14-15,25H2,1-4H3. The van der Waals surface area contributed by atoms with Crippen LogP contribution in [0, 0.1) is 19.3 Å². The highest BCUT2D eigenvalue weighted by atomic mass is 15.3. The number of anilines is 1. The summed E-state index contributed by atoms with van der Waals surface area (Å²) < 4.78 is 4.21. The van der Waals surface area contributed by atoms with Gasteiger partial charge in [-0.1, -0.05) is 13.3 Å². The lowest BCUT2D eigenvalue weighted by atomic mass is 9.81. The maximum atomic E-state index is 6.33. The van der Waals surface area contributed by atoms with Crippen LogP contribution in [-0.2, 0) is 26.6 Å². The van der Waals surface area contributed by atoms with E-state index in [0.717, 1.165) is 55.6 Å². The number of nitrogens with two attached hydrogens (primary N) is 1. The molecular weight excluding hydrogens is 386 g/mol. The van der Waals surface area contributed by atoms with Gasteiger partial charge in [-0.25, -0.2) is 4.98 Å². The van der Waals surface area contributed by atoms with Crippen LogP contribution in [0.3, 0.4) is 0 Å². The van der Waals surface area contributed by atoms with E-state index in [9.17, 15) is 0 Å². The zero-order valence-electron chi connectivity index (χ0n) is 19.4. The van der Waals surface area contributed by atoms with Crippen LogP contribution in [0.1, 0.15) is 61.7 Å². The third-order valence-corrected chi connectivity index (χ3v) is 7.49. The van der Waals surface area contributed by atoms with Gasteiger partial charge in [-0.05, 0) is 51.0 Å². The first-order valence-electron chi connectivity index (χ1n) is 11.7. The molecule has 0 aromatic carbocycles. The summed E-state index contributed by atoms with van der Waals surface area (Å²) in [5, 5.41) is 10.6. The first-order valence-corrected chi connectivity index (χ1v) is 11.7. The third-order valence-electron chi connectivity index (χ3n) is 7.49. The minimum Gasteiger partial charge on any atom is -0.366 e. The summed E-state index contributed by atoms with van der Waals surface area (Å²) in [7, 11) is 1.96. The highest BCUT2D eigenvalue weighted by molar-refractivity contribution is 5.89. The molecule has 0 amide bonds. The summed E-state index contributed by atoms with van der Waals surface area (Å²) in [5.74, 6) is 0. The number of pyridine rings is 1. The lowest BCUT2D eigenvalue weighted by Crippen LogP contribution is -2.33. The number of aryl methyl sites for hydroxylation is 3. The molecule has 2 aliphatic rings. The Morgan fingerprint density at radius 1 is 1.29 bits per heavy atom. The van der Waals surface area contributed by atoms with Crippen molar-refractivity contribution >= 4 is 16.7 Å². The molecule has 166 valence electrons. The van der Waals surface area contributed by atoms with Crippen LogP contribution in [0.4, 0.5) is 5.69 Å². The fourth-order valence-electron chi connectivity index (χ4n) is 6.03. The lowest BCUT2D eigenvalue weighted by molar-refractivity contribution is 0.208. The maximum absolute atomic E-state index is 6.33. The topological polar surface area (TPSA) is 77.8 Å². The molecule has 0 spiro atoms. The number of hydrogen-bond acceptors (Lipinski definition) is 5. The van der Waals surface area contributed by atoms with Gasteiger partial charge in [0.15, 0.2) is 5.65 Å². The molecule has 2 atom stereocenters. The van der Waals surface area contributed by atoms with Gasteiger partial charge in [0.05, 0.1) is 23.0 Å². The number of fused-ring (bicyclic) bond motifs is 2. The van der Waals surface area contributed by atoms with Gasteiger partial charge in [-0.2, -0.15) is 10.2 Å². The molecule has 1 aliphatic carbocycles. The molecule has 7 nitrogen and oxygen atoms in total. The van der Waals surface area contributed by atoms with Gasteiger partial charge >= 0.3 is 0 Å². The van der Waals surface area contributed by atoms with Crippen LogP contribution in [0.5, 0.6) is 0 Å². The second kappa shape index (κ2) is 7.62. The second-order valence-corrected chi connectivity index (χ2v) is 9.88. The van der Waals surface area contributed by atoms with Gasteiger partial charge in [-0.15, -0.1) is 0 Å². The molecule has 4 heterocycles. The normalized spacial score (nSPS) is 23.6. The number of nitrogens with zero attached hydrogens (tertiary/aromatic N) is 6. The molecule has 3 aromatic rings. The van der Waals surface area contributed by atoms with E-state index in [0.29, 0.717) is 11.5 Å². The van der Waals surface area contributed by atoms with Crippen LogP contribution in [0.15, 0.2) is 12.3 Å². The molecule has 5 rings (SSSR count). The van der Waals surface area contributed by atoms with E-state index in [2.05, 4.69) is 41.5 Å². The Balaban J connectivity index is 1.45. The third kappa shape index (κ3) is 3.53. The highest BCUT2D eigenvalue weighted by Gasteiger charge is 2.38. The van der Waals surface area contributed by atoms with Crippen LogP contribution in [0.25, 0.3) is 11.0 Å². The van der Waals surface area contributed by atoms with Crippen molar-refractivity contribution in [1.29, 1.82) is 0 Å². The second-order valence-electron chi connectivity index (χ2n) is 9.88. The van der Waals surface area contributed by atoms with Gasteiger partial charge < -0.3 is 10.6 Å². The van der Waals surface area contributed by atoms with Crippen molar-refractivity contribution in [2.45, 2.75) is 78.4 Å². The van der Waals surface area contributed by atoms with Gasteiger partial charge in [0, 0.05) is 56.1 Å². The Kier molecular flexibility index (Phi) is 5.04. The fraction of sp³-hybridized carbons (Fsp3) is 0.625. The van der Waals surface area contributed by atoms with E-state index < -0.39 is 0 Å². The summed E-state index contributed by atoms with van der Waals surface area (Å²) in [6.45, 7) is 9.44. The van der Waals surface area contributed by atoms with Gasteiger partial charge in [0.2, 0.25) is 0 Å². The lowest BCUT2D eigenvalue weighted by Gasteiger charge is -2.33. The van der Waals surface area contributed by atoms with Crippen molar-refractivity contribution in [1.82, 2.24) is 24.5 Å². The molecule has 0 saturated heterocycles. The van der Waals surface area contributed by atoms with E-state index in [1.165, 1.54) is 41.9 Å². The molecule has 1 aliphatic heterocycles. The van der Waals surface area contributed by atoms with Crippen LogP contribution < -0.4 is 10.6 Å². The molecule has 31 heavy (non-hydrogen) atoms. The summed E-state index contributed by atoms with van der Waals surface area (Å²) >= 11 is 0. The van der Waals surface area contributed by atoms with E-state index in [4.69, 9.17) is 15.8 Å². The SMILES string of the molecule is CCCC1(Cn2nc(C)c3c2CCN(c2cc(C)nc4c2cnn4C)C3)CCC(N)C1. The van der Waals surface area contributed by atoms with Crippen molar-refractivity contribution in [3.63, 3.8) is 0 Å². The molecular formula is C24H35N7. The number of rotatable bonds is 5. The van der Waals surface area contributed by atoms with Crippen LogP contribution in [-0.4, -0.2) is 37.1 Å². The maximum Gasteiger partial charge on any atom is 0.159 e. The zero-order chi connectivity index (χ0) is 21.8. The summed E-state index contributed by atoms with van der Waals surface area (Å²) in [6, 6.07) is 2.55. The van der Waals surface area contributed by atoms with Gasteiger partial charge in [0.1, 0.15) is 0 Å². The molecule has 1 saturated carbocycles. The molecule has 0 radical (unpaired) electrons. The Hall–Kier alpha value is -2.41. The first kappa shape index (κ1) is 20.5. The Morgan fingerprint density at radius 2 is 2.13 bits per heavy atom. The van der Waals surface area contributed by atoms with Crippen molar-refractivity contribution in [2.75, 3.05) is 11.4 Å². The van der Waals surface area contributed by atoms with Crippen molar-refractivity contribution < 1.29 is 0 Å². The van der Waals surface area contributed by atoms with E-state index in [-0.39, 0.29) is 0 Å². The minimum absolute atomic E-state index is 0.321.